The highest BCUT2D eigenvalue weighted by molar-refractivity contribution is 7.89. The maximum absolute atomic E-state index is 12.8. The van der Waals surface area contributed by atoms with Crippen molar-refractivity contribution < 1.29 is 27.4 Å². The van der Waals surface area contributed by atoms with Gasteiger partial charge in [0.05, 0.1) is 24.8 Å². The molecule has 3 aromatic carbocycles. The molecule has 0 bridgehead atoms. The molecule has 0 unspecified atom stereocenters. The van der Waals surface area contributed by atoms with Crippen LogP contribution in [0.5, 0.6) is 17.2 Å². The third-order valence-electron chi connectivity index (χ3n) is 4.51. The molecule has 0 atom stereocenters. The van der Waals surface area contributed by atoms with Gasteiger partial charge in [-0.05, 0) is 42.5 Å². The number of carbonyl (C=O) groups is 1. The third-order valence-corrected chi connectivity index (χ3v) is 5.79. The first kappa shape index (κ1) is 23.4. The lowest BCUT2D eigenvalue weighted by atomic mass is 10.1. The number of hydrogen-bond acceptors (Lipinski definition) is 6. The summed E-state index contributed by atoms with van der Waals surface area (Å²) in [6, 6.07) is 15.9. The van der Waals surface area contributed by atoms with Crippen molar-refractivity contribution in [3.63, 3.8) is 0 Å². The zero-order chi connectivity index (χ0) is 23.3. The molecule has 0 aliphatic carbocycles. The van der Waals surface area contributed by atoms with Gasteiger partial charge in [0.15, 0.2) is 11.5 Å². The summed E-state index contributed by atoms with van der Waals surface area (Å²) in [5.41, 5.74) is 1.22. The number of carbonyl (C=O) groups excluding carboxylic acids is 1. The normalized spacial score (nSPS) is 11.0. The predicted molar refractivity (Wildman–Crippen MR) is 121 cm³/mol. The van der Waals surface area contributed by atoms with Crippen LogP contribution in [0.25, 0.3) is 0 Å². The van der Waals surface area contributed by atoms with Gasteiger partial charge in [0.1, 0.15) is 12.4 Å². The lowest BCUT2D eigenvalue weighted by molar-refractivity contribution is 0.102. The van der Waals surface area contributed by atoms with Gasteiger partial charge in [-0.2, -0.15) is 0 Å². The molecule has 0 aliphatic rings. The molecular weight excluding hydrogens is 456 g/mol. The van der Waals surface area contributed by atoms with E-state index >= 15 is 0 Å². The highest BCUT2D eigenvalue weighted by atomic mass is 35.5. The summed E-state index contributed by atoms with van der Waals surface area (Å²) in [7, 11) is -1.10. The zero-order valence-electron chi connectivity index (χ0n) is 17.3. The average Bonchev–Trinajstić information content (AvgIpc) is 2.77. The van der Waals surface area contributed by atoms with Crippen LogP contribution in [0.4, 0.5) is 5.69 Å². The SMILES string of the molecule is COc1ccc(S(N)(=O)=O)cc1NC(=O)c1ccc(OCc2ccccc2Cl)c(OC)c1. The van der Waals surface area contributed by atoms with Crippen molar-refractivity contribution in [3.05, 3.63) is 76.8 Å². The van der Waals surface area contributed by atoms with E-state index in [1.165, 1.54) is 38.5 Å². The van der Waals surface area contributed by atoms with Crippen LogP contribution >= 0.6 is 11.6 Å². The predicted octanol–water partition coefficient (Wildman–Crippen LogP) is 3.84. The number of hydrogen-bond donors (Lipinski definition) is 2. The summed E-state index contributed by atoms with van der Waals surface area (Å²) in [6.45, 7) is 0.221. The van der Waals surface area contributed by atoms with Gasteiger partial charge < -0.3 is 19.5 Å². The van der Waals surface area contributed by atoms with Crippen molar-refractivity contribution in [1.29, 1.82) is 0 Å². The van der Waals surface area contributed by atoms with Gasteiger partial charge in [-0.25, -0.2) is 13.6 Å². The van der Waals surface area contributed by atoms with Crippen LogP contribution in [0.3, 0.4) is 0 Å². The van der Waals surface area contributed by atoms with Gasteiger partial charge in [0.2, 0.25) is 10.0 Å². The molecule has 0 saturated carbocycles. The second-order valence-corrected chi connectivity index (χ2v) is 8.58. The molecule has 3 N–H and O–H groups in total. The maximum atomic E-state index is 12.8. The molecule has 168 valence electrons. The van der Waals surface area contributed by atoms with E-state index in [1.54, 1.807) is 18.2 Å². The van der Waals surface area contributed by atoms with Crippen molar-refractivity contribution in [1.82, 2.24) is 0 Å². The minimum atomic E-state index is -3.95. The summed E-state index contributed by atoms with van der Waals surface area (Å²) >= 11 is 6.15. The third kappa shape index (κ3) is 5.50. The fraction of sp³-hybridized carbons (Fsp3) is 0.136. The number of benzene rings is 3. The van der Waals surface area contributed by atoms with Crippen LogP contribution in [0, 0.1) is 0 Å². The van der Waals surface area contributed by atoms with E-state index in [-0.39, 0.29) is 28.5 Å². The molecule has 0 spiro atoms. The van der Waals surface area contributed by atoms with E-state index in [0.29, 0.717) is 16.5 Å². The van der Waals surface area contributed by atoms with E-state index in [2.05, 4.69) is 5.32 Å². The minimum Gasteiger partial charge on any atom is -0.495 e. The summed E-state index contributed by atoms with van der Waals surface area (Å²) < 4.78 is 39.6. The Hall–Kier alpha value is -3.27. The monoisotopic (exact) mass is 476 g/mol. The smallest absolute Gasteiger partial charge is 0.255 e. The van der Waals surface area contributed by atoms with Gasteiger partial charge in [-0.1, -0.05) is 29.8 Å². The molecule has 1 amide bonds. The van der Waals surface area contributed by atoms with Gasteiger partial charge in [0, 0.05) is 16.1 Å². The summed E-state index contributed by atoms with van der Waals surface area (Å²) in [5.74, 6) is 0.538. The average molecular weight is 477 g/mol. The summed E-state index contributed by atoms with van der Waals surface area (Å²) in [4.78, 5) is 12.6. The Morgan fingerprint density at radius 2 is 1.66 bits per heavy atom. The Morgan fingerprint density at radius 1 is 0.969 bits per heavy atom. The Labute approximate surface area is 190 Å². The largest absolute Gasteiger partial charge is 0.495 e. The zero-order valence-corrected chi connectivity index (χ0v) is 18.9. The number of amides is 1. The quantitative estimate of drug-likeness (QED) is 0.510. The highest BCUT2D eigenvalue weighted by Crippen LogP contribution is 2.31. The first-order valence-corrected chi connectivity index (χ1v) is 11.2. The Morgan fingerprint density at radius 3 is 2.31 bits per heavy atom. The van der Waals surface area contributed by atoms with Crippen LogP contribution in [-0.2, 0) is 16.6 Å². The summed E-state index contributed by atoms with van der Waals surface area (Å²) in [5, 5.41) is 8.38. The number of rotatable bonds is 8. The van der Waals surface area contributed by atoms with Crippen LogP contribution < -0.4 is 24.7 Å². The molecule has 8 nitrogen and oxygen atoms in total. The Balaban J connectivity index is 1.81. The number of nitrogens with two attached hydrogens (primary N) is 1. The molecule has 3 rings (SSSR count). The van der Waals surface area contributed by atoms with E-state index < -0.39 is 15.9 Å². The van der Waals surface area contributed by atoms with Crippen molar-refractivity contribution in [3.8, 4) is 17.2 Å². The molecule has 10 heteroatoms. The standard InChI is InChI=1S/C22H21ClN2O6S/c1-29-19-10-8-16(32(24,27)28)12-18(19)25-22(26)14-7-9-20(21(11-14)30-2)31-13-15-5-3-4-6-17(15)23/h3-12H,13H2,1-2H3,(H,25,26)(H2,24,27,28). The Bertz CT molecular complexity index is 1250. The van der Waals surface area contributed by atoms with Crippen molar-refractivity contribution >= 4 is 33.2 Å². The molecule has 3 aromatic rings. The second-order valence-electron chi connectivity index (χ2n) is 6.61. The molecule has 0 saturated heterocycles. The maximum Gasteiger partial charge on any atom is 0.255 e. The van der Waals surface area contributed by atoms with Gasteiger partial charge in [-0.3, -0.25) is 4.79 Å². The molecule has 0 aromatic heterocycles. The van der Waals surface area contributed by atoms with Gasteiger partial charge >= 0.3 is 0 Å². The van der Waals surface area contributed by atoms with Crippen LogP contribution in [-0.4, -0.2) is 28.5 Å². The lowest BCUT2D eigenvalue weighted by Gasteiger charge is -2.14. The van der Waals surface area contributed by atoms with Crippen molar-refractivity contribution in [2.75, 3.05) is 19.5 Å². The van der Waals surface area contributed by atoms with Crippen molar-refractivity contribution in [2.24, 2.45) is 5.14 Å². The fourth-order valence-corrected chi connectivity index (χ4v) is 3.59. The molecule has 0 heterocycles. The molecule has 32 heavy (non-hydrogen) atoms. The van der Waals surface area contributed by atoms with E-state index in [4.69, 9.17) is 31.0 Å². The van der Waals surface area contributed by atoms with Gasteiger partial charge in [0.25, 0.3) is 5.91 Å². The van der Waals surface area contributed by atoms with Crippen LogP contribution in [0.15, 0.2) is 65.6 Å². The molecule has 0 fully saturated rings. The lowest BCUT2D eigenvalue weighted by Crippen LogP contribution is -2.15. The van der Waals surface area contributed by atoms with Gasteiger partial charge in [-0.15, -0.1) is 0 Å². The number of ether oxygens (including phenoxy) is 3. The minimum absolute atomic E-state index is 0.155. The fourth-order valence-electron chi connectivity index (χ4n) is 2.86. The van der Waals surface area contributed by atoms with Crippen LogP contribution in [0.1, 0.15) is 15.9 Å². The second kappa shape index (κ2) is 9.90. The molecule has 0 radical (unpaired) electrons. The van der Waals surface area contributed by atoms with E-state index in [9.17, 15) is 13.2 Å². The van der Waals surface area contributed by atoms with E-state index in [0.717, 1.165) is 5.56 Å². The number of primary sulfonamides is 1. The number of nitrogens with one attached hydrogen (secondary N) is 1. The number of sulfonamides is 1. The Kier molecular flexibility index (Phi) is 7.24. The van der Waals surface area contributed by atoms with E-state index in [1.807, 2.05) is 18.2 Å². The number of anilines is 1. The summed E-state index contributed by atoms with van der Waals surface area (Å²) in [6.07, 6.45) is 0. The van der Waals surface area contributed by atoms with Crippen LogP contribution in [0.2, 0.25) is 5.02 Å². The number of halogens is 1. The number of methoxy groups -OCH3 is 2. The topological polar surface area (TPSA) is 117 Å². The highest BCUT2D eigenvalue weighted by Gasteiger charge is 2.17. The molecular formula is C22H21ClN2O6S. The molecule has 0 aliphatic heterocycles. The first-order chi connectivity index (χ1) is 15.2. The van der Waals surface area contributed by atoms with Crippen molar-refractivity contribution in [2.45, 2.75) is 11.5 Å². The first-order valence-electron chi connectivity index (χ1n) is 9.29.